The van der Waals surface area contributed by atoms with Crippen molar-refractivity contribution in [3.8, 4) is 11.1 Å². The summed E-state index contributed by atoms with van der Waals surface area (Å²) in [5.41, 5.74) is 5.66. The molecular weight excluding hydrogens is 412 g/mol. The van der Waals surface area contributed by atoms with Gasteiger partial charge in [-0.05, 0) is 38.1 Å². The van der Waals surface area contributed by atoms with Crippen molar-refractivity contribution in [3.63, 3.8) is 0 Å². The van der Waals surface area contributed by atoms with Crippen LogP contribution >= 0.6 is 0 Å². The molecule has 0 N–H and O–H groups in total. The van der Waals surface area contributed by atoms with Gasteiger partial charge in [0.25, 0.3) is 0 Å². The summed E-state index contributed by atoms with van der Waals surface area (Å²) in [5, 5.41) is 4.25. The summed E-state index contributed by atoms with van der Waals surface area (Å²) < 4.78 is 36.1. The van der Waals surface area contributed by atoms with Crippen LogP contribution in [-0.4, -0.2) is 39.4 Å². The summed E-state index contributed by atoms with van der Waals surface area (Å²) in [5.74, 6) is -1.24. The molecule has 0 unspecified atom stereocenters. The molecule has 164 valence electrons. The first-order valence-corrected chi connectivity index (χ1v) is 10.5. The van der Waals surface area contributed by atoms with Crippen molar-refractivity contribution in [1.82, 2.24) is 19.7 Å². The fourth-order valence-corrected chi connectivity index (χ4v) is 4.10. The lowest BCUT2D eigenvalue weighted by Gasteiger charge is -2.34. The Morgan fingerprint density at radius 3 is 2.59 bits per heavy atom. The van der Waals surface area contributed by atoms with Crippen LogP contribution in [0.15, 0.2) is 42.7 Å². The molecule has 1 atom stereocenters. The van der Waals surface area contributed by atoms with Gasteiger partial charge >= 0.3 is 0 Å². The third-order valence-electron chi connectivity index (χ3n) is 5.92. The zero-order chi connectivity index (χ0) is 22.4. The number of halogens is 2. The Balaban J connectivity index is 1.62. The summed E-state index contributed by atoms with van der Waals surface area (Å²) in [6, 6.07) is 7.50. The summed E-state index contributed by atoms with van der Waals surface area (Å²) in [6.07, 6.45) is 3.64. The van der Waals surface area contributed by atoms with Gasteiger partial charge in [0.1, 0.15) is 17.7 Å². The van der Waals surface area contributed by atoms with E-state index in [1.165, 1.54) is 12.1 Å². The molecule has 32 heavy (non-hydrogen) atoms. The van der Waals surface area contributed by atoms with E-state index < -0.39 is 11.6 Å². The van der Waals surface area contributed by atoms with E-state index in [0.717, 1.165) is 28.7 Å². The first kappa shape index (κ1) is 20.5. The smallest absolute Gasteiger partial charge is 0.134 e. The SMILES string of the molecule is Cc1nc2cc(N3CCO[C@H](c4cnn(C)c4)C3)cc(-c3ccc(F)cc3F)c2nc1C. The van der Waals surface area contributed by atoms with Crippen LogP contribution in [0.25, 0.3) is 22.2 Å². The molecule has 5 rings (SSSR count). The van der Waals surface area contributed by atoms with E-state index in [9.17, 15) is 8.78 Å². The molecule has 2 aromatic heterocycles. The number of ether oxygens (including phenoxy) is 1. The lowest BCUT2D eigenvalue weighted by Crippen LogP contribution is -2.38. The standard InChI is InChI=1S/C24H23F2N5O/c1-14-15(2)29-24-20(19-5-4-17(25)8-21(19)26)9-18(10-22(24)28-14)31-6-7-32-23(13-31)16-11-27-30(3)12-16/h4-5,8-12,23H,6-7,13H2,1-3H3/t23-/m0/s1. The second kappa shape index (κ2) is 7.94. The van der Waals surface area contributed by atoms with Crippen LogP contribution in [0.3, 0.4) is 0 Å². The highest BCUT2D eigenvalue weighted by atomic mass is 19.1. The molecule has 0 radical (unpaired) electrons. The number of hydrogen-bond acceptors (Lipinski definition) is 5. The van der Waals surface area contributed by atoms with E-state index in [1.807, 2.05) is 45.4 Å². The number of aromatic nitrogens is 4. The van der Waals surface area contributed by atoms with E-state index in [4.69, 9.17) is 9.72 Å². The normalized spacial score (nSPS) is 16.7. The van der Waals surface area contributed by atoms with E-state index in [-0.39, 0.29) is 6.10 Å². The average molecular weight is 435 g/mol. The minimum Gasteiger partial charge on any atom is -0.370 e. The molecule has 8 heteroatoms. The van der Waals surface area contributed by atoms with Gasteiger partial charge in [-0.15, -0.1) is 0 Å². The van der Waals surface area contributed by atoms with Crippen LogP contribution in [0.5, 0.6) is 0 Å². The highest BCUT2D eigenvalue weighted by molar-refractivity contribution is 5.95. The van der Waals surface area contributed by atoms with Gasteiger partial charge in [0.05, 0.1) is 35.2 Å². The molecule has 0 saturated carbocycles. The molecule has 0 amide bonds. The highest BCUT2D eigenvalue weighted by Crippen LogP contribution is 2.35. The number of hydrogen-bond donors (Lipinski definition) is 0. The fraction of sp³-hybridized carbons (Fsp3) is 0.292. The lowest BCUT2D eigenvalue weighted by molar-refractivity contribution is 0.0397. The zero-order valence-electron chi connectivity index (χ0n) is 18.1. The Morgan fingerprint density at radius 1 is 1.03 bits per heavy atom. The first-order valence-electron chi connectivity index (χ1n) is 10.5. The van der Waals surface area contributed by atoms with Crippen LogP contribution in [0.2, 0.25) is 0 Å². The van der Waals surface area contributed by atoms with Gasteiger partial charge in [-0.25, -0.2) is 18.7 Å². The van der Waals surface area contributed by atoms with Crippen LogP contribution in [0.1, 0.15) is 23.1 Å². The maximum absolute atomic E-state index is 14.8. The summed E-state index contributed by atoms with van der Waals surface area (Å²) in [4.78, 5) is 11.6. The molecule has 4 aromatic rings. The second-order valence-corrected chi connectivity index (χ2v) is 8.13. The van der Waals surface area contributed by atoms with Crippen molar-refractivity contribution in [1.29, 1.82) is 0 Å². The molecule has 1 aliphatic heterocycles. The Morgan fingerprint density at radius 2 is 1.84 bits per heavy atom. The summed E-state index contributed by atoms with van der Waals surface area (Å²) >= 11 is 0. The van der Waals surface area contributed by atoms with Gasteiger partial charge in [-0.2, -0.15) is 5.10 Å². The van der Waals surface area contributed by atoms with Crippen molar-refractivity contribution in [2.45, 2.75) is 20.0 Å². The van der Waals surface area contributed by atoms with Gasteiger partial charge in [-0.3, -0.25) is 4.68 Å². The van der Waals surface area contributed by atoms with E-state index in [2.05, 4.69) is 15.0 Å². The molecule has 1 aliphatic rings. The number of anilines is 1. The number of fused-ring (bicyclic) bond motifs is 1. The van der Waals surface area contributed by atoms with Crippen molar-refractivity contribution in [2.75, 3.05) is 24.6 Å². The number of benzene rings is 2. The zero-order valence-corrected chi connectivity index (χ0v) is 18.1. The number of rotatable bonds is 3. The highest BCUT2D eigenvalue weighted by Gasteiger charge is 2.25. The minimum absolute atomic E-state index is 0.120. The molecule has 3 heterocycles. The van der Waals surface area contributed by atoms with Gasteiger partial charge in [0.15, 0.2) is 0 Å². The van der Waals surface area contributed by atoms with Crippen LogP contribution < -0.4 is 4.90 Å². The number of aryl methyl sites for hydroxylation is 3. The topological polar surface area (TPSA) is 56.1 Å². The predicted octanol–water partition coefficient (Wildman–Crippen LogP) is 4.50. The minimum atomic E-state index is -0.626. The van der Waals surface area contributed by atoms with Crippen LogP contribution in [0, 0.1) is 25.5 Å². The maximum atomic E-state index is 14.8. The molecule has 6 nitrogen and oxygen atoms in total. The van der Waals surface area contributed by atoms with Crippen LogP contribution in [-0.2, 0) is 11.8 Å². The molecule has 0 spiro atoms. The summed E-state index contributed by atoms with van der Waals surface area (Å²) in [6.45, 7) is 5.64. The molecule has 2 aromatic carbocycles. The monoisotopic (exact) mass is 435 g/mol. The molecule has 0 aliphatic carbocycles. The fourth-order valence-electron chi connectivity index (χ4n) is 4.10. The van der Waals surface area contributed by atoms with Gasteiger partial charge < -0.3 is 9.64 Å². The molecule has 0 bridgehead atoms. The third kappa shape index (κ3) is 3.71. The van der Waals surface area contributed by atoms with Crippen molar-refractivity contribution in [2.24, 2.45) is 7.05 Å². The van der Waals surface area contributed by atoms with Crippen molar-refractivity contribution >= 4 is 16.7 Å². The molecule has 1 saturated heterocycles. The van der Waals surface area contributed by atoms with Crippen molar-refractivity contribution in [3.05, 3.63) is 71.3 Å². The third-order valence-corrected chi connectivity index (χ3v) is 5.92. The van der Waals surface area contributed by atoms with Gasteiger partial charge in [-0.1, -0.05) is 0 Å². The second-order valence-electron chi connectivity index (χ2n) is 8.13. The Kier molecular flexibility index (Phi) is 5.09. The van der Waals surface area contributed by atoms with E-state index >= 15 is 0 Å². The van der Waals surface area contributed by atoms with Crippen LogP contribution in [0.4, 0.5) is 14.5 Å². The molecular formula is C24H23F2N5O. The largest absolute Gasteiger partial charge is 0.370 e. The Labute approximate surface area is 184 Å². The lowest BCUT2D eigenvalue weighted by atomic mass is 10.0. The number of morpholine rings is 1. The van der Waals surface area contributed by atoms with Gasteiger partial charge in [0, 0.05) is 54.8 Å². The summed E-state index contributed by atoms with van der Waals surface area (Å²) in [7, 11) is 1.87. The van der Waals surface area contributed by atoms with Crippen molar-refractivity contribution < 1.29 is 13.5 Å². The Bertz CT molecular complexity index is 1320. The Hall–Kier alpha value is -3.39. The van der Waals surface area contributed by atoms with E-state index in [1.54, 1.807) is 4.68 Å². The average Bonchev–Trinajstić information content (AvgIpc) is 3.21. The first-order chi connectivity index (χ1) is 15.4. The number of nitrogens with zero attached hydrogens (tertiary/aromatic N) is 5. The maximum Gasteiger partial charge on any atom is 0.134 e. The van der Waals surface area contributed by atoms with Gasteiger partial charge in [0.2, 0.25) is 0 Å². The predicted molar refractivity (Wildman–Crippen MR) is 118 cm³/mol. The quantitative estimate of drug-likeness (QED) is 0.474. The van der Waals surface area contributed by atoms with E-state index in [0.29, 0.717) is 41.9 Å². The molecule has 1 fully saturated rings.